The van der Waals surface area contributed by atoms with Gasteiger partial charge in [0, 0.05) is 110 Å². The summed E-state index contributed by atoms with van der Waals surface area (Å²) in [6, 6.07) is 9.57. The molecule has 3 aromatic rings. The van der Waals surface area contributed by atoms with Crippen molar-refractivity contribution in [3.05, 3.63) is 59.1 Å². The molecule has 0 amide bonds. The van der Waals surface area contributed by atoms with Crippen molar-refractivity contribution in [2.24, 2.45) is 29.6 Å². The number of rotatable bonds is 12. The molecule has 66 heavy (non-hydrogen) atoms. The number of nitrogens with zero attached hydrogens (tertiary/aromatic N) is 6. The smallest absolute Gasteiger partial charge is 0.198 e. The third kappa shape index (κ3) is 15.5. The van der Waals surface area contributed by atoms with E-state index in [2.05, 4.69) is 153 Å². The van der Waals surface area contributed by atoms with Gasteiger partial charge in [-0.05, 0) is 136 Å². The number of oxazole rings is 1. The zero-order chi connectivity index (χ0) is 46.8. The predicted octanol–water partition coefficient (Wildman–Crippen LogP) is 14.0. The number of furan rings is 1. The summed E-state index contributed by atoms with van der Waals surface area (Å²) >= 11 is 1.81. The van der Waals surface area contributed by atoms with Crippen LogP contribution < -0.4 is 0 Å². The summed E-state index contributed by atoms with van der Waals surface area (Å²) < 4.78 is 16.8. The van der Waals surface area contributed by atoms with Crippen LogP contribution in [0.3, 0.4) is 0 Å². The van der Waals surface area contributed by atoms with Crippen LogP contribution >= 0.6 is 11.3 Å². The summed E-state index contributed by atoms with van der Waals surface area (Å²) in [4.78, 5) is 20.5. The molecule has 1 unspecified atom stereocenters. The van der Waals surface area contributed by atoms with Crippen LogP contribution in [0.25, 0.3) is 0 Å². The van der Waals surface area contributed by atoms with Crippen LogP contribution in [0.2, 0.25) is 0 Å². The average molecular weight is 940 g/mol. The second kappa shape index (κ2) is 27.3. The minimum absolute atomic E-state index is 0. The first kappa shape index (κ1) is 58.2. The van der Waals surface area contributed by atoms with Crippen molar-refractivity contribution < 1.29 is 13.6 Å². The first-order chi connectivity index (χ1) is 30.4. The van der Waals surface area contributed by atoms with Gasteiger partial charge in [-0.2, -0.15) is 0 Å². The molecule has 9 nitrogen and oxygen atoms in total. The molecule has 8 heterocycles. The highest BCUT2D eigenvalue weighted by Crippen LogP contribution is 2.40. The predicted molar refractivity (Wildman–Crippen MR) is 282 cm³/mol. The number of ether oxygens (including phenoxy) is 1. The normalized spacial score (nSPS) is 28.6. The van der Waals surface area contributed by atoms with Crippen molar-refractivity contribution in [2.45, 2.75) is 236 Å². The maximum absolute atomic E-state index is 5.87. The Labute approximate surface area is 410 Å². The topological polar surface area (TPSA) is 74.2 Å². The first-order valence-corrected chi connectivity index (χ1v) is 26.7. The van der Waals surface area contributed by atoms with Crippen LogP contribution in [0.1, 0.15) is 198 Å². The van der Waals surface area contributed by atoms with Crippen LogP contribution in [0.15, 0.2) is 51.4 Å². The van der Waals surface area contributed by atoms with E-state index in [1.807, 2.05) is 22.9 Å². The minimum atomic E-state index is 0. The molecule has 0 aliphatic carbocycles. The maximum atomic E-state index is 5.87. The summed E-state index contributed by atoms with van der Waals surface area (Å²) in [5.41, 5.74) is 1.96. The van der Waals surface area contributed by atoms with E-state index in [9.17, 15) is 0 Å². The standard InChI is InChI=1S/C14H27NO.C14H23NO.C13H22N2O.C13H22N2S.2CH4/c2*1-10(2)13-8-12(9-15(13)11(3)4)14-6-5-7-16-14;1-9(2)12-7-11(8-15(12)10(3)4)13-14-5-6-16-13;1-9(2)12-5-11(7-15(12)10(3)4)13-6-14-8-16-13;;/h10-14H,5-9H2,1-4H3;5-7,10-13H,8-9H2,1-4H3;5-6,9-12H,7-8H2,1-4H3;6,8-12H,5,7H2,1-4H3;2*1H4/t12-,13-,14?;12-,13-;2*11-,12-;;/m0000../s1. The Hall–Kier alpha value is -2.08. The Morgan fingerprint density at radius 2 is 1.06 bits per heavy atom. The van der Waals surface area contributed by atoms with Gasteiger partial charge in [0.25, 0.3) is 0 Å². The van der Waals surface area contributed by atoms with Gasteiger partial charge in [-0.3, -0.25) is 24.6 Å². The number of thiazole rings is 1. The molecule has 5 aliphatic heterocycles. The third-order valence-corrected chi connectivity index (χ3v) is 16.3. The molecule has 9 atom stereocenters. The Balaban J connectivity index is 0.000000231. The SMILES string of the molecule is C.C.CC(C)[C@@H]1C[C@H](C2CCCO2)CN1C(C)C.CC(C)[C@@H]1C[C@H](c2ccco2)CN1C(C)C.CC(C)[C@@H]1C[C@H](c2cncs2)CN1C(C)C.CC(C)[C@@H]1C[C@H](c2ncco2)CN1C(C)C. The lowest BCUT2D eigenvalue weighted by Crippen LogP contribution is -2.38. The van der Waals surface area contributed by atoms with Crippen molar-refractivity contribution in [1.29, 1.82) is 0 Å². The monoisotopic (exact) mass is 939 g/mol. The van der Waals surface area contributed by atoms with Crippen molar-refractivity contribution in [3.8, 4) is 0 Å². The second-order valence-corrected chi connectivity index (χ2v) is 23.5. The Morgan fingerprint density at radius 1 is 0.576 bits per heavy atom. The van der Waals surface area contributed by atoms with Gasteiger partial charge < -0.3 is 13.6 Å². The molecule has 0 bridgehead atoms. The quantitative estimate of drug-likeness (QED) is 0.176. The lowest BCUT2D eigenvalue weighted by molar-refractivity contribution is 0.0642. The molecule has 0 spiro atoms. The van der Waals surface area contributed by atoms with Gasteiger partial charge in [-0.25, -0.2) is 4.98 Å². The van der Waals surface area contributed by atoms with Crippen molar-refractivity contribution in [1.82, 2.24) is 29.6 Å². The molecule has 0 saturated carbocycles. The molecule has 5 fully saturated rings. The van der Waals surface area contributed by atoms with Gasteiger partial charge in [0.2, 0.25) is 0 Å². The molecular weight excluding hydrogens is 837 g/mol. The maximum Gasteiger partial charge on any atom is 0.198 e. The van der Waals surface area contributed by atoms with E-state index in [0.29, 0.717) is 66.0 Å². The lowest BCUT2D eigenvalue weighted by atomic mass is 9.93. The van der Waals surface area contributed by atoms with E-state index < -0.39 is 0 Å². The Kier molecular flexibility index (Phi) is 24.1. The van der Waals surface area contributed by atoms with E-state index in [4.69, 9.17) is 13.6 Å². The summed E-state index contributed by atoms with van der Waals surface area (Å²) in [6.07, 6.45) is 15.5. The molecule has 380 valence electrons. The van der Waals surface area contributed by atoms with Gasteiger partial charge in [0.15, 0.2) is 5.89 Å². The molecule has 5 saturated heterocycles. The number of hydrogen-bond donors (Lipinski definition) is 0. The number of likely N-dealkylation sites (tertiary alicyclic amines) is 4. The number of aromatic nitrogens is 2. The molecule has 3 aromatic heterocycles. The lowest BCUT2D eigenvalue weighted by Gasteiger charge is -2.30. The molecule has 5 aliphatic rings. The highest BCUT2D eigenvalue weighted by atomic mass is 32.1. The zero-order valence-electron chi connectivity index (χ0n) is 43.5. The molecule has 8 rings (SSSR count). The third-order valence-electron chi connectivity index (χ3n) is 15.4. The zero-order valence-corrected chi connectivity index (χ0v) is 44.3. The molecule has 0 radical (unpaired) electrons. The first-order valence-electron chi connectivity index (χ1n) is 25.8. The van der Waals surface area contributed by atoms with Crippen LogP contribution in [0.4, 0.5) is 0 Å². The molecule has 10 heteroatoms. The fourth-order valence-corrected chi connectivity index (χ4v) is 12.5. The molecular formula is C56H102N6O3S. The largest absolute Gasteiger partial charge is 0.469 e. The fraction of sp³-hybridized carbons (Fsp3) is 0.821. The highest BCUT2D eigenvalue weighted by Gasteiger charge is 2.41. The van der Waals surface area contributed by atoms with Gasteiger partial charge in [-0.15, -0.1) is 11.3 Å². The van der Waals surface area contributed by atoms with E-state index in [0.717, 1.165) is 67.1 Å². The number of hydrogen-bond acceptors (Lipinski definition) is 10. The second-order valence-electron chi connectivity index (χ2n) is 22.5. The molecule has 0 N–H and O–H groups in total. The Morgan fingerprint density at radius 3 is 1.45 bits per heavy atom. The van der Waals surface area contributed by atoms with Gasteiger partial charge in [0.05, 0.1) is 24.1 Å². The summed E-state index contributed by atoms with van der Waals surface area (Å²) in [6.45, 7) is 42.7. The van der Waals surface area contributed by atoms with Crippen molar-refractivity contribution in [3.63, 3.8) is 0 Å². The summed E-state index contributed by atoms with van der Waals surface area (Å²) in [7, 11) is 0. The van der Waals surface area contributed by atoms with E-state index in [1.165, 1.54) is 56.5 Å². The van der Waals surface area contributed by atoms with Crippen molar-refractivity contribution >= 4 is 11.3 Å². The molecule has 0 aromatic carbocycles. The van der Waals surface area contributed by atoms with Gasteiger partial charge in [0.1, 0.15) is 12.0 Å². The van der Waals surface area contributed by atoms with Gasteiger partial charge >= 0.3 is 0 Å². The summed E-state index contributed by atoms with van der Waals surface area (Å²) in [5, 5.41) is 0. The highest BCUT2D eigenvalue weighted by molar-refractivity contribution is 7.09. The van der Waals surface area contributed by atoms with Crippen LogP contribution in [-0.2, 0) is 4.74 Å². The van der Waals surface area contributed by atoms with Gasteiger partial charge in [-0.1, -0.05) is 70.2 Å². The van der Waals surface area contributed by atoms with Crippen LogP contribution in [0.5, 0.6) is 0 Å². The Bertz CT molecular complexity index is 1450. The van der Waals surface area contributed by atoms with E-state index >= 15 is 0 Å². The van der Waals surface area contributed by atoms with E-state index in [-0.39, 0.29) is 14.9 Å². The summed E-state index contributed by atoms with van der Waals surface area (Å²) in [5.74, 6) is 7.58. The van der Waals surface area contributed by atoms with E-state index in [1.54, 1.807) is 18.7 Å². The average Bonchev–Trinajstić information content (AvgIpc) is 4.08. The van der Waals surface area contributed by atoms with Crippen molar-refractivity contribution in [2.75, 3.05) is 32.8 Å². The fourth-order valence-electron chi connectivity index (χ4n) is 11.8. The minimum Gasteiger partial charge on any atom is -0.469 e. The van der Waals surface area contributed by atoms with Crippen LogP contribution in [-0.4, -0.2) is 117 Å². The van der Waals surface area contributed by atoms with Crippen LogP contribution in [0, 0.1) is 29.6 Å².